The van der Waals surface area contributed by atoms with Crippen LogP contribution in [0.2, 0.25) is 0 Å². The molecule has 7 rings (SSSR count). The normalized spacial score (nSPS) is 18.5. The Labute approximate surface area is 229 Å². The molecule has 1 aliphatic carbocycles. The molecule has 2 aliphatic heterocycles. The lowest BCUT2D eigenvalue weighted by molar-refractivity contribution is 0.312. The highest BCUT2D eigenvalue weighted by atomic mass is 15.3. The summed E-state index contributed by atoms with van der Waals surface area (Å²) in [4.78, 5) is 31.4. The van der Waals surface area contributed by atoms with Crippen LogP contribution in [-0.2, 0) is 0 Å². The molecule has 9 heteroatoms. The molecule has 0 unspecified atom stereocenters. The summed E-state index contributed by atoms with van der Waals surface area (Å²) in [5.41, 5.74) is 3.17. The van der Waals surface area contributed by atoms with Gasteiger partial charge in [-0.25, -0.2) is 19.9 Å². The topological polar surface area (TPSA) is 86.2 Å². The number of nitrogens with one attached hydrogen (secondary N) is 1. The number of likely N-dealkylation sites (N-methyl/N-ethyl adjacent to an activating group) is 1. The molecule has 0 spiro atoms. The van der Waals surface area contributed by atoms with Crippen molar-refractivity contribution in [1.29, 1.82) is 0 Å². The molecule has 4 aromatic rings. The van der Waals surface area contributed by atoms with Gasteiger partial charge in [0.05, 0.1) is 11.7 Å². The fourth-order valence-corrected chi connectivity index (χ4v) is 5.73. The van der Waals surface area contributed by atoms with E-state index in [9.17, 15) is 0 Å². The zero-order valence-corrected chi connectivity index (χ0v) is 22.6. The lowest BCUT2D eigenvalue weighted by Gasteiger charge is -2.33. The number of piperazine rings is 1. The maximum absolute atomic E-state index is 5.20. The van der Waals surface area contributed by atoms with Gasteiger partial charge >= 0.3 is 0 Å². The van der Waals surface area contributed by atoms with Crippen molar-refractivity contribution >= 4 is 34.2 Å². The van der Waals surface area contributed by atoms with E-state index in [0.717, 1.165) is 73.6 Å². The van der Waals surface area contributed by atoms with Crippen LogP contribution in [0.1, 0.15) is 43.6 Å². The Morgan fingerprint density at radius 3 is 2.49 bits per heavy atom. The third kappa shape index (κ3) is 5.11. The summed E-state index contributed by atoms with van der Waals surface area (Å²) in [6, 6.07) is 10.1. The molecule has 0 bridgehead atoms. The highest BCUT2D eigenvalue weighted by Gasteiger charge is 2.29. The molecule has 200 valence electrons. The fraction of sp³-hybridized carbons (Fsp3) is 0.433. The van der Waals surface area contributed by atoms with Crippen LogP contribution in [-0.4, -0.2) is 76.1 Å². The van der Waals surface area contributed by atoms with Crippen molar-refractivity contribution in [1.82, 2.24) is 29.8 Å². The first kappa shape index (κ1) is 24.2. The van der Waals surface area contributed by atoms with E-state index in [1.807, 2.05) is 36.8 Å². The van der Waals surface area contributed by atoms with E-state index in [2.05, 4.69) is 49.2 Å². The van der Waals surface area contributed by atoms with Crippen molar-refractivity contribution in [3.8, 4) is 11.4 Å². The highest BCUT2D eigenvalue weighted by Crippen LogP contribution is 2.45. The van der Waals surface area contributed by atoms with E-state index < -0.39 is 0 Å². The van der Waals surface area contributed by atoms with Gasteiger partial charge in [-0.2, -0.15) is 0 Å². The van der Waals surface area contributed by atoms with Gasteiger partial charge in [0.25, 0.3) is 0 Å². The number of piperidine rings is 1. The van der Waals surface area contributed by atoms with Crippen LogP contribution in [0.25, 0.3) is 22.3 Å². The SMILES string of the molecule is CN1CCN(c2cccc(Nc3cc(-c4nc(N5CCCCC5)c5c(C6CC6)cncc5n4)ccn3)n2)CC1. The van der Waals surface area contributed by atoms with Crippen molar-refractivity contribution in [3.05, 3.63) is 54.5 Å². The second-order valence-electron chi connectivity index (χ2n) is 11.0. The van der Waals surface area contributed by atoms with E-state index in [4.69, 9.17) is 15.0 Å². The summed E-state index contributed by atoms with van der Waals surface area (Å²) in [7, 11) is 2.17. The first-order valence-electron chi connectivity index (χ1n) is 14.3. The van der Waals surface area contributed by atoms with Crippen molar-refractivity contribution in [2.45, 2.75) is 38.0 Å². The number of anilines is 4. The van der Waals surface area contributed by atoms with Gasteiger partial charge in [-0.05, 0) is 74.9 Å². The Bertz CT molecular complexity index is 1470. The van der Waals surface area contributed by atoms with Gasteiger partial charge in [-0.3, -0.25) is 4.98 Å². The summed E-state index contributed by atoms with van der Waals surface area (Å²) < 4.78 is 0. The Hall–Kier alpha value is -3.85. The van der Waals surface area contributed by atoms with Gasteiger partial charge in [-0.1, -0.05) is 6.07 Å². The lowest BCUT2D eigenvalue weighted by Crippen LogP contribution is -2.44. The molecule has 1 saturated carbocycles. The second kappa shape index (κ2) is 10.4. The number of rotatable bonds is 6. The van der Waals surface area contributed by atoms with E-state index >= 15 is 0 Å². The summed E-state index contributed by atoms with van der Waals surface area (Å²) in [5, 5.41) is 4.60. The monoisotopic (exact) mass is 521 g/mol. The predicted octanol–water partition coefficient (Wildman–Crippen LogP) is 4.84. The zero-order chi connectivity index (χ0) is 26.2. The Kier molecular flexibility index (Phi) is 6.44. The predicted molar refractivity (Wildman–Crippen MR) is 156 cm³/mol. The molecule has 1 N–H and O–H groups in total. The summed E-state index contributed by atoms with van der Waals surface area (Å²) >= 11 is 0. The summed E-state index contributed by atoms with van der Waals surface area (Å²) in [6.07, 6.45) is 11.9. The molecular weight excluding hydrogens is 486 g/mol. The first-order chi connectivity index (χ1) is 19.2. The maximum Gasteiger partial charge on any atom is 0.162 e. The third-order valence-electron chi connectivity index (χ3n) is 8.13. The van der Waals surface area contributed by atoms with Crippen LogP contribution in [0, 0.1) is 0 Å². The van der Waals surface area contributed by atoms with Gasteiger partial charge in [0.2, 0.25) is 0 Å². The molecule has 9 nitrogen and oxygen atoms in total. The lowest BCUT2D eigenvalue weighted by atomic mass is 10.1. The molecule has 0 amide bonds. The van der Waals surface area contributed by atoms with Gasteiger partial charge in [0.1, 0.15) is 23.3 Å². The van der Waals surface area contributed by atoms with E-state index in [0.29, 0.717) is 11.7 Å². The third-order valence-corrected chi connectivity index (χ3v) is 8.13. The van der Waals surface area contributed by atoms with Crippen LogP contribution < -0.4 is 15.1 Å². The molecular formula is C30H35N9. The summed E-state index contributed by atoms with van der Waals surface area (Å²) in [5.74, 6) is 4.86. The molecule has 3 aliphatic rings. The van der Waals surface area contributed by atoms with Gasteiger partial charge in [0.15, 0.2) is 5.82 Å². The Morgan fingerprint density at radius 1 is 0.821 bits per heavy atom. The largest absolute Gasteiger partial charge is 0.356 e. The van der Waals surface area contributed by atoms with Crippen LogP contribution in [0.4, 0.5) is 23.3 Å². The summed E-state index contributed by atoms with van der Waals surface area (Å²) in [6.45, 7) is 6.14. The molecule has 3 fully saturated rings. The maximum atomic E-state index is 5.20. The smallest absolute Gasteiger partial charge is 0.162 e. The number of aromatic nitrogens is 5. The van der Waals surface area contributed by atoms with Gasteiger partial charge < -0.3 is 20.0 Å². The average Bonchev–Trinajstić information content (AvgIpc) is 3.83. The quantitative estimate of drug-likeness (QED) is 0.383. The number of nitrogens with zero attached hydrogens (tertiary/aromatic N) is 8. The van der Waals surface area contributed by atoms with Crippen LogP contribution in [0.5, 0.6) is 0 Å². The van der Waals surface area contributed by atoms with Crippen molar-refractivity contribution in [3.63, 3.8) is 0 Å². The minimum atomic E-state index is 0.588. The Balaban J connectivity index is 1.21. The number of hydrogen-bond donors (Lipinski definition) is 1. The number of pyridine rings is 3. The molecule has 2 saturated heterocycles. The van der Waals surface area contributed by atoms with Crippen LogP contribution >= 0.6 is 0 Å². The number of hydrogen-bond acceptors (Lipinski definition) is 9. The first-order valence-corrected chi connectivity index (χ1v) is 14.3. The van der Waals surface area contributed by atoms with Crippen LogP contribution in [0.3, 0.4) is 0 Å². The fourth-order valence-electron chi connectivity index (χ4n) is 5.73. The van der Waals surface area contributed by atoms with Crippen LogP contribution in [0.15, 0.2) is 48.9 Å². The molecule has 39 heavy (non-hydrogen) atoms. The van der Waals surface area contributed by atoms with Crippen molar-refractivity contribution in [2.24, 2.45) is 0 Å². The standard InChI is InChI=1S/C30H35N9/c1-37-14-16-38(17-15-37)27-7-5-6-25(35-27)34-26-18-22(10-11-32-26)29-33-24-20-31-19-23(21-8-9-21)28(24)30(36-29)39-12-3-2-4-13-39/h5-7,10-11,18-21H,2-4,8-9,12-17H2,1H3,(H,32,34,35). The van der Waals surface area contributed by atoms with E-state index in [1.165, 1.54) is 43.1 Å². The second-order valence-corrected chi connectivity index (χ2v) is 11.0. The van der Waals surface area contributed by atoms with E-state index in [-0.39, 0.29) is 0 Å². The zero-order valence-electron chi connectivity index (χ0n) is 22.6. The molecule has 0 atom stereocenters. The van der Waals surface area contributed by atoms with Crippen molar-refractivity contribution in [2.75, 3.05) is 61.4 Å². The molecule has 0 aromatic carbocycles. The van der Waals surface area contributed by atoms with Crippen molar-refractivity contribution < 1.29 is 0 Å². The average molecular weight is 522 g/mol. The molecule has 0 radical (unpaired) electrons. The molecule has 6 heterocycles. The highest BCUT2D eigenvalue weighted by molar-refractivity contribution is 5.94. The van der Waals surface area contributed by atoms with Gasteiger partial charge in [0, 0.05) is 62.6 Å². The minimum absolute atomic E-state index is 0.588. The van der Waals surface area contributed by atoms with E-state index in [1.54, 1.807) is 0 Å². The minimum Gasteiger partial charge on any atom is -0.356 e. The molecule has 4 aromatic heterocycles. The number of fused-ring (bicyclic) bond motifs is 1. The Morgan fingerprint density at radius 2 is 1.67 bits per heavy atom. The van der Waals surface area contributed by atoms with Gasteiger partial charge in [-0.15, -0.1) is 0 Å².